The highest BCUT2D eigenvalue weighted by atomic mass is 19.1. The van der Waals surface area contributed by atoms with Crippen LogP contribution < -0.4 is 5.73 Å². The summed E-state index contributed by atoms with van der Waals surface area (Å²) < 4.78 is 13.7. The fourth-order valence-electron chi connectivity index (χ4n) is 2.29. The molecule has 0 radical (unpaired) electrons. The Balaban J connectivity index is 2.05. The first-order chi connectivity index (χ1) is 9.06. The summed E-state index contributed by atoms with van der Waals surface area (Å²) in [6.07, 6.45) is 1.63. The van der Waals surface area contributed by atoms with Crippen LogP contribution in [0.4, 0.5) is 4.39 Å². The van der Waals surface area contributed by atoms with E-state index in [1.165, 1.54) is 17.2 Å². The fourth-order valence-corrected chi connectivity index (χ4v) is 2.29. The smallest absolute Gasteiger partial charge is 0.127 e. The van der Waals surface area contributed by atoms with Crippen molar-refractivity contribution in [3.8, 4) is 0 Å². The quantitative estimate of drug-likeness (QED) is 0.877. The molecule has 0 fully saturated rings. The van der Waals surface area contributed by atoms with Gasteiger partial charge >= 0.3 is 0 Å². The van der Waals surface area contributed by atoms with E-state index >= 15 is 0 Å². The minimum atomic E-state index is -0.250. The van der Waals surface area contributed by atoms with Crippen LogP contribution in [-0.2, 0) is 6.42 Å². The van der Waals surface area contributed by atoms with Gasteiger partial charge in [-0.25, -0.2) is 4.39 Å². The molecule has 1 nitrogen and oxygen atoms in total. The summed E-state index contributed by atoms with van der Waals surface area (Å²) in [5.41, 5.74) is 10.3. The highest BCUT2D eigenvalue weighted by molar-refractivity contribution is 5.27. The molecule has 0 amide bonds. The molecule has 1 unspecified atom stereocenters. The SMILES string of the molecule is Cc1cccc(CCC(N)c2cc(C)ccc2F)c1. The average Bonchev–Trinajstić information content (AvgIpc) is 2.39. The van der Waals surface area contributed by atoms with Crippen molar-refractivity contribution in [3.63, 3.8) is 0 Å². The standard InChI is InChI=1S/C17H20FN/c1-12-4-3-5-14(10-12)7-9-17(19)15-11-13(2)6-8-16(15)18/h3-6,8,10-11,17H,7,9,19H2,1-2H3. The topological polar surface area (TPSA) is 26.0 Å². The third-order valence-corrected chi connectivity index (χ3v) is 3.38. The van der Waals surface area contributed by atoms with E-state index in [-0.39, 0.29) is 11.9 Å². The predicted molar refractivity (Wildman–Crippen MR) is 77.6 cm³/mol. The van der Waals surface area contributed by atoms with Crippen molar-refractivity contribution >= 4 is 0 Å². The number of nitrogens with two attached hydrogens (primary N) is 1. The Kier molecular flexibility index (Phi) is 4.33. The molecule has 0 spiro atoms. The molecule has 0 aliphatic heterocycles. The monoisotopic (exact) mass is 257 g/mol. The molecule has 0 heterocycles. The number of rotatable bonds is 4. The minimum absolute atomic E-state index is 0.206. The lowest BCUT2D eigenvalue weighted by Gasteiger charge is -2.14. The van der Waals surface area contributed by atoms with Crippen LogP contribution in [0.2, 0.25) is 0 Å². The Labute approximate surface area is 114 Å². The van der Waals surface area contributed by atoms with Gasteiger partial charge < -0.3 is 5.73 Å². The Morgan fingerprint density at radius 1 is 1.05 bits per heavy atom. The molecule has 2 heteroatoms. The van der Waals surface area contributed by atoms with E-state index < -0.39 is 0 Å². The molecule has 100 valence electrons. The normalized spacial score (nSPS) is 12.4. The van der Waals surface area contributed by atoms with Crippen molar-refractivity contribution < 1.29 is 4.39 Å². The van der Waals surface area contributed by atoms with Gasteiger partial charge in [0.1, 0.15) is 5.82 Å². The number of halogens is 1. The number of benzene rings is 2. The summed E-state index contributed by atoms with van der Waals surface area (Å²) in [4.78, 5) is 0. The molecule has 2 N–H and O–H groups in total. The Morgan fingerprint density at radius 2 is 1.79 bits per heavy atom. The highest BCUT2D eigenvalue weighted by Gasteiger charge is 2.11. The van der Waals surface area contributed by atoms with Gasteiger partial charge in [0, 0.05) is 11.6 Å². The Hall–Kier alpha value is -1.67. The lowest BCUT2D eigenvalue weighted by molar-refractivity contribution is 0.563. The van der Waals surface area contributed by atoms with Crippen molar-refractivity contribution in [2.45, 2.75) is 32.7 Å². The lowest BCUT2D eigenvalue weighted by atomic mass is 9.97. The summed E-state index contributed by atoms with van der Waals surface area (Å²) >= 11 is 0. The first kappa shape index (κ1) is 13.8. The van der Waals surface area contributed by atoms with Crippen LogP contribution in [0.25, 0.3) is 0 Å². The number of aryl methyl sites for hydroxylation is 3. The van der Waals surface area contributed by atoms with Crippen LogP contribution in [0.1, 0.15) is 34.7 Å². The van der Waals surface area contributed by atoms with Gasteiger partial charge in [-0.3, -0.25) is 0 Å². The summed E-state index contributed by atoms with van der Waals surface area (Å²) in [6, 6.07) is 13.2. The molecule has 2 aromatic rings. The van der Waals surface area contributed by atoms with Gasteiger partial charge in [0.25, 0.3) is 0 Å². The van der Waals surface area contributed by atoms with Crippen molar-refractivity contribution in [2.75, 3.05) is 0 Å². The number of hydrogen-bond acceptors (Lipinski definition) is 1. The maximum atomic E-state index is 13.7. The van der Waals surface area contributed by atoms with Crippen molar-refractivity contribution in [2.24, 2.45) is 5.73 Å². The zero-order chi connectivity index (χ0) is 13.8. The van der Waals surface area contributed by atoms with E-state index in [0.717, 1.165) is 18.4 Å². The molecule has 2 rings (SSSR count). The molecule has 0 bridgehead atoms. The van der Waals surface area contributed by atoms with E-state index in [4.69, 9.17) is 5.73 Å². The maximum absolute atomic E-state index is 13.7. The summed E-state index contributed by atoms with van der Waals surface area (Å²) in [5.74, 6) is -0.206. The van der Waals surface area contributed by atoms with Gasteiger partial charge in [0.15, 0.2) is 0 Å². The lowest BCUT2D eigenvalue weighted by Crippen LogP contribution is -2.13. The first-order valence-corrected chi connectivity index (χ1v) is 6.63. The van der Waals surface area contributed by atoms with E-state index in [0.29, 0.717) is 5.56 Å². The predicted octanol–water partition coefficient (Wildman–Crippen LogP) is 4.08. The van der Waals surface area contributed by atoms with Crippen LogP contribution in [0.15, 0.2) is 42.5 Å². The first-order valence-electron chi connectivity index (χ1n) is 6.63. The van der Waals surface area contributed by atoms with Crippen LogP contribution in [0.3, 0.4) is 0 Å². The molecule has 0 aromatic heterocycles. The second-order valence-corrected chi connectivity index (χ2v) is 5.16. The highest BCUT2D eigenvalue weighted by Crippen LogP contribution is 2.21. The number of hydrogen-bond donors (Lipinski definition) is 1. The van der Waals surface area contributed by atoms with E-state index in [1.54, 1.807) is 6.07 Å². The second kappa shape index (κ2) is 5.98. The van der Waals surface area contributed by atoms with E-state index in [2.05, 4.69) is 25.1 Å². The van der Waals surface area contributed by atoms with Gasteiger partial charge in [0.2, 0.25) is 0 Å². The van der Waals surface area contributed by atoms with Crippen molar-refractivity contribution in [3.05, 3.63) is 70.5 Å². The largest absolute Gasteiger partial charge is 0.324 e. The van der Waals surface area contributed by atoms with Crippen molar-refractivity contribution in [1.29, 1.82) is 0 Å². The van der Waals surface area contributed by atoms with Gasteiger partial charge in [0.05, 0.1) is 0 Å². The van der Waals surface area contributed by atoms with Gasteiger partial charge in [-0.2, -0.15) is 0 Å². The average molecular weight is 257 g/mol. The Bertz CT molecular complexity index is 563. The van der Waals surface area contributed by atoms with Crippen LogP contribution in [0, 0.1) is 19.7 Å². The third-order valence-electron chi connectivity index (χ3n) is 3.38. The molecule has 0 aliphatic carbocycles. The van der Waals surface area contributed by atoms with Crippen LogP contribution in [0.5, 0.6) is 0 Å². The van der Waals surface area contributed by atoms with Crippen LogP contribution >= 0.6 is 0 Å². The van der Waals surface area contributed by atoms with Gasteiger partial charge in [-0.1, -0.05) is 47.5 Å². The fraction of sp³-hybridized carbons (Fsp3) is 0.294. The van der Waals surface area contributed by atoms with Gasteiger partial charge in [-0.05, 0) is 38.3 Å². The summed E-state index contributed by atoms with van der Waals surface area (Å²) in [7, 11) is 0. The molecular weight excluding hydrogens is 237 g/mol. The minimum Gasteiger partial charge on any atom is -0.324 e. The van der Waals surface area contributed by atoms with Crippen molar-refractivity contribution in [1.82, 2.24) is 0 Å². The molecule has 19 heavy (non-hydrogen) atoms. The molecule has 1 atom stereocenters. The second-order valence-electron chi connectivity index (χ2n) is 5.16. The van der Waals surface area contributed by atoms with E-state index in [1.807, 2.05) is 19.1 Å². The Morgan fingerprint density at radius 3 is 2.53 bits per heavy atom. The molecule has 2 aromatic carbocycles. The zero-order valence-electron chi connectivity index (χ0n) is 11.5. The van der Waals surface area contributed by atoms with Crippen LogP contribution in [-0.4, -0.2) is 0 Å². The van der Waals surface area contributed by atoms with E-state index in [9.17, 15) is 4.39 Å². The zero-order valence-corrected chi connectivity index (χ0v) is 11.5. The molecule has 0 saturated carbocycles. The third kappa shape index (κ3) is 3.65. The van der Waals surface area contributed by atoms with Gasteiger partial charge in [-0.15, -0.1) is 0 Å². The summed E-state index contributed by atoms with van der Waals surface area (Å²) in [6.45, 7) is 4.03. The molecular formula is C17H20FN. The summed E-state index contributed by atoms with van der Waals surface area (Å²) in [5, 5.41) is 0. The molecule has 0 aliphatic rings. The maximum Gasteiger partial charge on any atom is 0.127 e. The molecule has 0 saturated heterocycles.